The van der Waals surface area contributed by atoms with Crippen molar-refractivity contribution >= 4 is 41.0 Å². The van der Waals surface area contributed by atoms with Crippen molar-refractivity contribution < 1.29 is 27.3 Å². The van der Waals surface area contributed by atoms with Crippen molar-refractivity contribution in [2.24, 2.45) is 4.99 Å². The zero-order valence-corrected chi connectivity index (χ0v) is 19.6. The molecule has 0 amide bonds. The van der Waals surface area contributed by atoms with Crippen LogP contribution in [0.25, 0.3) is 0 Å². The second-order valence-electron chi connectivity index (χ2n) is 7.76. The van der Waals surface area contributed by atoms with Crippen molar-refractivity contribution in [1.29, 1.82) is 0 Å². The van der Waals surface area contributed by atoms with E-state index in [0.29, 0.717) is 35.7 Å². The van der Waals surface area contributed by atoms with Gasteiger partial charge in [0.15, 0.2) is 10.8 Å². The lowest BCUT2D eigenvalue weighted by Gasteiger charge is -2.33. The number of amidine groups is 1. The summed E-state index contributed by atoms with van der Waals surface area (Å²) in [4.78, 5) is 22.4. The number of rotatable bonds is 6. The average molecular weight is 502 g/mol. The van der Waals surface area contributed by atoms with Crippen molar-refractivity contribution in [2.75, 3.05) is 4.90 Å². The van der Waals surface area contributed by atoms with Crippen LogP contribution in [0, 0.1) is 0 Å². The number of pyridine rings is 1. The van der Waals surface area contributed by atoms with Gasteiger partial charge in [-0.1, -0.05) is 43.3 Å². The molecule has 0 radical (unpaired) electrons. The van der Waals surface area contributed by atoms with Crippen molar-refractivity contribution in [2.45, 2.75) is 43.8 Å². The van der Waals surface area contributed by atoms with E-state index in [1.54, 1.807) is 54.3 Å². The first-order valence-electron chi connectivity index (χ1n) is 11.0. The van der Waals surface area contributed by atoms with E-state index in [2.05, 4.69) is 9.98 Å². The Morgan fingerprint density at radius 3 is 2.40 bits per heavy atom. The third kappa shape index (κ3) is 5.43. The SMILES string of the molecule is CCCC(=O)OSc1nc2c(c(C(F)(F)F)c1O)CCC(=Nc1ccccc1)N2c1ccccc1. The molecule has 10 heteroatoms. The lowest BCUT2D eigenvalue weighted by molar-refractivity contribution is -0.139. The average Bonchev–Trinajstić information content (AvgIpc) is 2.83. The van der Waals surface area contributed by atoms with Crippen LogP contribution in [-0.2, 0) is 21.6 Å². The maximum atomic E-state index is 14.2. The number of alkyl halides is 3. The minimum absolute atomic E-state index is 0.0173. The van der Waals surface area contributed by atoms with Gasteiger partial charge in [-0.2, -0.15) is 13.2 Å². The van der Waals surface area contributed by atoms with Crippen molar-refractivity contribution in [1.82, 2.24) is 4.98 Å². The van der Waals surface area contributed by atoms with Crippen LogP contribution < -0.4 is 4.90 Å². The minimum atomic E-state index is -4.85. The van der Waals surface area contributed by atoms with Gasteiger partial charge in [-0.3, -0.25) is 9.69 Å². The molecular formula is C25H22F3N3O3S. The second kappa shape index (κ2) is 10.4. The lowest BCUT2D eigenvalue weighted by atomic mass is 9.97. The quantitative estimate of drug-likeness (QED) is 0.368. The van der Waals surface area contributed by atoms with Gasteiger partial charge in [-0.25, -0.2) is 9.98 Å². The fraction of sp³-hybridized carbons (Fsp3) is 0.240. The lowest BCUT2D eigenvalue weighted by Crippen LogP contribution is -2.33. The normalized spacial score (nSPS) is 14.6. The molecule has 0 bridgehead atoms. The van der Waals surface area contributed by atoms with Gasteiger partial charge in [-0.05, 0) is 37.1 Å². The molecule has 0 saturated heterocycles. The number of aromatic nitrogens is 1. The van der Waals surface area contributed by atoms with Gasteiger partial charge in [0.25, 0.3) is 0 Å². The predicted molar refractivity (Wildman–Crippen MR) is 128 cm³/mol. The zero-order chi connectivity index (χ0) is 25.0. The Morgan fingerprint density at radius 2 is 1.77 bits per heavy atom. The van der Waals surface area contributed by atoms with E-state index in [4.69, 9.17) is 4.18 Å². The van der Waals surface area contributed by atoms with Crippen LogP contribution in [0.15, 0.2) is 70.7 Å². The van der Waals surface area contributed by atoms with Gasteiger partial charge < -0.3 is 9.29 Å². The van der Waals surface area contributed by atoms with E-state index in [9.17, 15) is 23.1 Å². The number of carbonyl (C=O) groups is 1. The largest absolute Gasteiger partial charge is 0.504 e. The van der Waals surface area contributed by atoms with E-state index in [-0.39, 0.29) is 30.6 Å². The monoisotopic (exact) mass is 501 g/mol. The molecule has 4 rings (SSSR count). The van der Waals surface area contributed by atoms with E-state index >= 15 is 0 Å². The molecule has 1 aliphatic heterocycles. The Balaban J connectivity index is 1.90. The molecule has 0 saturated carbocycles. The number of hydrogen-bond donors (Lipinski definition) is 1. The summed E-state index contributed by atoms with van der Waals surface area (Å²) in [5.41, 5.74) is -0.121. The van der Waals surface area contributed by atoms with Crippen LogP contribution in [0.5, 0.6) is 5.75 Å². The maximum absolute atomic E-state index is 14.2. The molecule has 2 aromatic carbocycles. The highest BCUT2D eigenvalue weighted by molar-refractivity contribution is 7.95. The summed E-state index contributed by atoms with van der Waals surface area (Å²) < 4.78 is 47.5. The molecule has 1 aromatic heterocycles. The van der Waals surface area contributed by atoms with Crippen LogP contribution >= 0.6 is 12.0 Å². The number of aromatic hydroxyl groups is 1. The van der Waals surface area contributed by atoms with E-state index in [0.717, 1.165) is 0 Å². The molecule has 0 atom stereocenters. The highest BCUT2D eigenvalue weighted by atomic mass is 32.2. The summed E-state index contributed by atoms with van der Waals surface area (Å²) in [5.74, 6) is -1.19. The van der Waals surface area contributed by atoms with Gasteiger partial charge in [0.2, 0.25) is 0 Å². The van der Waals surface area contributed by atoms with E-state index in [1.165, 1.54) is 0 Å². The summed E-state index contributed by atoms with van der Waals surface area (Å²) in [6.45, 7) is 1.77. The first-order chi connectivity index (χ1) is 16.8. The number of halogens is 3. The summed E-state index contributed by atoms with van der Waals surface area (Å²) in [6.07, 6.45) is -4.08. The van der Waals surface area contributed by atoms with Gasteiger partial charge in [0.05, 0.1) is 5.69 Å². The molecule has 0 aliphatic carbocycles. The highest BCUT2D eigenvalue weighted by Crippen LogP contribution is 2.48. The molecule has 35 heavy (non-hydrogen) atoms. The number of benzene rings is 2. The molecule has 3 aromatic rings. The standard InChI is InChI=1S/C25H22F3N3O3S/c1-2-9-20(32)34-35-24-22(33)21(25(26,27)28)18-14-15-19(29-16-10-5-3-6-11-16)31(23(18)30-24)17-12-7-4-8-13-17/h3-8,10-13,33H,2,9,14-15H2,1H3. The summed E-state index contributed by atoms with van der Waals surface area (Å²) >= 11 is 0.323. The molecule has 1 N–H and O–H groups in total. The Hall–Kier alpha value is -3.53. The molecular weight excluding hydrogens is 479 g/mol. The molecule has 1 aliphatic rings. The topological polar surface area (TPSA) is 75.0 Å². The molecule has 0 fully saturated rings. The summed E-state index contributed by atoms with van der Waals surface area (Å²) in [5, 5.41) is 10.1. The Bertz CT molecular complexity index is 1240. The van der Waals surface area contributed by atoms with Gasteiger partial charge >= 0.3 is 12.1 Å². The number of nitrogens with zero attached hydrogens (tertiary/aromatic N) is 3. The van der Waals surface area contributed by atoms with Crippen LogP contribution in [0.4, 0.5) is 30.4 Å². The van der Waals surface area contributed by atoms with Crippen LogP contribution in [0.2, 0.25) is 0 Å². The number of hydrogen-bond acceptors (Lipinski definition) is 6. The summed E-state index contributed by atoms with van der Waals surface area (Å²) in [7, 11) is 0. The third-order valence-electron chi connectivity index (χ3n) is 5.27. The molecule has 6 nitrogen and oxygen atoms in total. The second-order valence-corrected chi connectivity index (χ2v) is 8.48. The first-order valence-corrected chi connectivity index (χ1v) is 11.7. The van der Waals surface area contributed by atoms with Gasteiger partial charge in [-0.15, -0.1) is 0 Å². The number of anilines is 2. The first kappa shape index (κ1) is 24.6. The Kier molecular flexibility index (Phi) is 7.30. The number of aliphatic imine (C=N–C) groups is 1. The van der Waals surface area contributed by atoms with Gasteiger partial charge in [0, 0.05) is 24.1 Å². The number of para-hydroxylation sites is 2. The van der Waals surface area contributed by atoms with Crippen LogP contribution in [0.3, 0.4) is 0 Å². The molecule has 0 unspecified atom stereocenters. The molecule has 2 heterocycles. The fourth-order valence-electron chi connectivity index (χ4n) is 3.77. The number of carbonyl (C=O) groups excluding carboxylic acids is 1. The van der Waals surface area contributed by atoms with Crippen LogP contribution in [0.1, 0.15) is 37.3 Å². The zero-order valence-electron chi connectivity index (χ0n) is 18.7. The van der Waals surface area contributed by atoms with E-state index < -0.39 is 28.5 Å². The maximum Gasteiger partial charge on any atom is 0.420 e. The van der Waals surface area contributed by atoms with Crippen molar-refractivity contribution in [3.8, 4) is 5.75 Å². The smallest absolute Gasteiger partial charge is 0.420 e. The fourth-order valence-corrected chi connectivity index (χ4v) is 4.33. The minimum Gasteiger partial charge on any atom is -0.504 e. The van der Waals surface area contributed by atoms with Crippen molar-refractivity contribution in [3.05, 3.63) is 71.8 Å². The summed E-state index contributed by atoms with van der Waals surface area (Å²) in [6, 6.07) is 17.9. The van der Waals surface area contributed by atoms with Crippen molar-refractivity contribution in [3.63, 3.8) is 0 Å². The molecule has 182 valence electrons. The number of fused-ring (bicyclic) bond motifs is 1. The van der Waals surface area contributed by atoms with E-state index in [1.807, 2.05) is 18.2 Å². The Labute approximate surface area is 204 Å². The molecule has 0 spiro atoms. The third-order valence-corrected chi connectivity index (χ3v) is 5.98. The Morgan fingerprint density at radius 1 is 1.11 bits per heavy atom. The predicted octanol–water partition coefficient (Wildman–Crippen LogP) is 6.97. The highest BCUT2D eigenvalue weighted by Gasteiger charge is 2.43. The van der Waals surface area contributed by atoms with Gasteiger partial charge in [0.1, 0.15) is 29.3 Å². The van der Waals surface area contributed by atoms with Crippen LogP contribution in [-0.4, -0.2) is 21.9 Å².